The van der Waals surface area contributed by atoms with Crippen molar-refractivity contribution in [2.45, 2.75) is 32.2 Å². The molecule has 0 aromatic carbocycles. The maximum Gasteiger partial charge on any atom is 0.256 e. The molecule has 1 fully saturated rings. The van der Waals surface area contributed by atoms with E-state index in [-0.39, 0.29) is 11.9 Å². The van der Waals surface area contributed by atoms with Crippen molar-refractivity contribution in [1.82, 2.24) is 15.8 Å². The topological polar surface area (TPSA) is 67.2 Å². The van der Waals surface area contributed by atoms with Gasteiger partial charge in [0.25, 0.3) is 5.91 Å². The molecule has 2 N–H and O–H groups in total. The molecule has 0 saturated carbocycles. The first-order chi connectivity index (χ1) is 7.77. The van der Waals surface area contributed by atoms with Crippen LogP contribution in [0.1, 0.15) is 35.4 Å². The van der Waals surface area contributed by atoms with Crippen LogP contribution in [0.25, 0.3) is 0 Å². The highest BCUT2D eigenvalue weighted by molar-refractivity contribution is 5.94. The van der Waals surface area contributed by atoms with E-state index in [1.165, 1.54) is 6.20 Å². The van der Waals surface area contributed by atoms with Gasteiger partial charge in [-0.1, -0.05) is 5.16 Å². The SMILES string of the molecule is Cc1oncc1C(=O)NC1CCCNCC1. The number of hydrogen-bond donors (Lipinski definition) is 2. The summed E-state index contributed by atoms with van der Waals surface area (Å²) in [5.41, 5.74) is 0.539. The normalized spacial score (nSPS) is 21.4. The highest BCUT2D eigenvalue weighted by atomic mass is 16.5. The molecule has 16 heavy (non-hydrogen) atoms. The van der Waals surface area contributed by atoms with Gasteiger partial charge in [-0.3, -0.25) is 4.79 Å². The van der Waals surface area contributed by atoms with Crippen LogP contribution in [0.4, 0.5) is 0 Å². The highest BCUT2D eigenvalue weighted by Crippen LogP contribution is 2.09. The van der Waals surface area contributed by atoms with E-state index in [2.05, 4.69) is 15.8 Å². The number of rotatable bonds is 2. The van der Waals surface area contributed by atoms with E-state index >= 15 is 0 Å². The first kappa shape index (κ1) is 11.1. The van der Waals surface area contributed by atoms with Gasteiger partial charge in [-0.25, -0.2) is 0 Å². The quantitative estimate of drug-likeness (QED) is 0.780. The van der Waals surface area contributed by atoms with Crippen LogP contribution in [0.15, 0.2) is 10.7 Å². The van der Waals surface area contributed by atoms with E-state index in [9.17, 15) is 4.79 Å². The molecule has 88 valence electrons. The van der Waals surface area contributed by atoms with Crippen molar-refractivity contribution in [1.29, 1.82) is 0 Å². The average Bonchev–Trinajstić information content (AvgIpc) is 2.53. The predicted molar refractivity (Wildman–Crippen MR) is 59.2 cm³/mol. The van der Waals surface area contributed by atoms with E-state index in [4.69, 9.17) is 4.52 Å². The minimum Gasteiger partial charge on any atom is -0.361 e. The van der Waals surface area contributed by atoms with Crippen molar-refractivity contribution in [3.63, 3.8) is 0 Å². The van der Waals surface area contributed by atoms with Crippen LogP contribution >= 0.6 is 0 Å². The molecule has 1 amide bonds. The third kappa shape index (κ3) is 2.61. The summed E-state index contributed by atoms with van der Waals surface area (Å²) < 4.78 is 4.88. The lowest BCUT2D eigenvalue weighted by atomic mass is 10.1. The summed E-state index contributed by atoms with van der Waals surface area (Å²) in [6.07, 6.45) is 4.59. The number of amides is 1. The van der Waals surface area contributed by atoms with Crippen LogP contribution in [0.5, 0.6) is 0 Å². The summed E-state index contributed by atoms with van der Waals surface area (Å²) in [5, 5.41) is 9.94. The zero-order valence-electron chi connectivity index (χ0n) is 9.45. The molecule has 1 aromatic rings. The second-order valence-electron chi connectivity index (χ2n) is 4.15. The minimum absolute atomic E-state index is 0.0781. The molecule has 0 radical (unpaired) electrons. The van der Waals surface area contributed by atoms with E-state index in [1.807, 2.05) is 0 Å². The molecular weight excluding hydrogens is 206 g/mol. The van der Waals surface area contributed by atoms with Crippen molar-refractivity contribution in [2.75, 3.05) is 13.1 Å². The largest absolute Gasteiger partial charge is 0.361 e. The summed E-state index contributed by atoms with van der Waals surface area (Å²) in [5.74, 6) is 0.495. The van der Waals surface area contributed by atoms with Crippen LogP contribution < -0.4 is 10.6 Å². The van der Waals surface area contributed by atoms with Gasteiger partial charge in [-0.15, -0.1) is 0 Å². The first-order valence-electron chi connectivity index (χ1n) is 5.70. The smallest absolute Gasteiger partial charge is 0.256 e. The number of nitrogens with one attached hydrogen (secondary N) is 2. The Bertz CT molecular complexity index is 354. The number of aromatic nitrogens is 1. The molecule has 5 heteroatoms. The van der Waals surface area contributed by atoms with Gasteiger partial charge in [0, 0.05) is 6.04 Å². The average molecular weight is 223 g/mol. The van der Waals surface area contributed by atoms with Gasteiger partial charge in [0.2, 0.25) is 0 Å². The van der Waals surface area contributed by atoms with E-state index in [1.54, 1.807) is 6.92 Å². The Balaban J connectivity index is 1.93. The van der Waals surface area contributed by atoms with Crippen LogP contribution in [0.2, 0.25) is 0 Å². The summed E-state index contributed by atoms with van der Waals surface area (Å²) in [6.45, 7) is 3.75. The minimum atomic E-state index is -0.0781. The second kappa shape index (κ2) is 5.12. The lowest BCUT2D eigenvalue weighted by Crippen LogP contribution is -2.35. The van der Waals surface area contributed by atoms with Gasteiger partial charge in [0.05, 0.1) is 6.20 Å². The molecule has 1 saturated heterocycles. The number of carbonyl (C=O) groups excluding carboxylic acids is 1. The van der Waals surface area contributed by atoms with Crippen molar-refractivity contribution < 1.29 is 9.32 Å². The predicted octanol–water partition coefficient (Wildman–Crippen LogP) is 0.855. The summed E-state index contributed by atoms with van der Waals surface area (Å²) in [6, 6.07) is 0.261. The van der Waals surface area contributed by atoms with Gasteiger partial charge in [0.1, 0.15) is 11.3 Å². The van der Waals surface area contributed by atoms with Crippen molar-refractivity contribution in [3.05, 3.63) is 17.5 Å². The van der Waals surface area contributed by atoms with E-state index in [0.29, 0.717) is 11.3 Å². The Labute approximate surface area is 94.6 Å². The molecule has 1 aromatic heterocycles. The maximum atomic E-state index is 11.9. The number of hydrogen-bond acceptors (Lipinski definition) is 4. The van der Waals surface area contributed by atoms with Crippen LogP contribution in [0, 0.1) is 6.92 Å². The van der Waals surface area contributed by atoms with Crippen LogP contribution in [-0.2, 0) is 0 Å². The Morgan fingerprint density at radius 3 is 3.19 bits per heavy atom. The molecule has 1 aliphatic heterocycles. The Morgan fingerprint density at radius 1 is 1.56 bits per heavy atom. The van der Waals surface area contributed by atoms with E-state index < -0.39 is 0 Å². The third-order valence-electron chi connectivity index (χ3n) is 2.91. The molecule has 1 unspecified atom stereocenters. The number of aryl methyl sites for hydroxylation is 1. The summed E-state index contributed by atoms with van der Waals surface area (Å²) >= 11 is 0. The van der Waals surface area contributed by atoms with Gasteiger partial charge in [-0.05, 0) is 39.3 Å². The fourth-order valence-electron chi connectivity index (χ4n) is 1.94. The molecule has 2 rings (SSSR count). The summed E-state index contributed by atoms with van der Waals surface area (Å²) in [4.78, 5) is 11.9. The van der Waals surface area contributed by atoms with Crippen LogP contribution in [-0.4, -0.2) is 30.2 Å². The zero-order chi connectivity index (χ0) is 11.4. The number of carbonyl (C=O) groups is 1. The fourth-order valence-corrected chi connectivity index (χ4v) is 1.94. The third-order valence-corrected chi connectivity index (χ3v) is 2.91. The van der Waals surface area contributed by atoms with E-state index in [0.717, 1.165) is 32.4 Å². The monoisotopic (exact) mass is 223 g/mol. The van der Waals surface area contributed by atoms with Crippen molar-refractivity contribution in [2.24, 2.45) is 0 Å². The van der Waals surface area contributed by atoms with Gasteiger partial charge in [-0.2, -0.15) is 0 Å². The summed E-state index contributed by atoms with van der Waals surface area (Å²) in [7, 11) is 0. The molecule has 0 spiro atoms. The molecule has 0 bridgehead atoms. The molecular formula is C11H17N3O2. The second-order valence-corrected chi connectivity index (χ2v) is 4.15. The lowest BCUT2D eigenvalue weighted by Gasteiger charge is -2.15. The Kier molecular flexibility index (Phi) is 3.56. The molecule has 1 aliphatic rings. The molecule has 2 heterocycles. The Morgan fingerprint density at radius 2 is 2.44 bits per heavy atom. The van der Waals surface area contributed by atoms with Crippen LogP contribution in [0.3, 0.4) is 0 Å². The molecule has 5 nitrogen and oxygen atoms in total. The maximum absolute atomic E-state index is 11.9. The fraction of sp³-hybridized carbons (Fsp3) is 0.636. The van der Waals surface area contributed by atoms with Crippen molar-refractivity contribution >= 4 is 5.91 Å². The van der Waals surface area contributed by atoms with Crippen molar-refractivity contribution in [3.8, 4) is 0 Å². The number of nitrogens with zero attached hydrogens (tertiary/aromatic N) is 1. The van der Waals surface area contributed by atoms with Gasteiger partial charge >= 0.3 is 0 Å². The standard InChI is InChI=1S/C11H17N3O2/c1-8-10(7-13-16-8)11(15)14-9-3-2-5-12-6-4-9/h7,9,12H,2-6H2,1H3,(H,14,15). The highest BCUT2D eigenvalue weighted by Gasteiger charge is 2.18. The lowest BCUT2D eigenvalue weighted by molar-refractivity contribution is 0.0932. The van der Waals surface area contributed by atoms with Gasteiger partial charge in [0.15, 0.2) is 0 Å². The first-order valence-corrected chi connectivity index (χ1v) is 5.70. The molecule has 1 atom stereocenters. The zero-order valence-corrected chi connectivity index (χ0v) is 9.45. The van der Waals surface area contributed by atoms with Gasteiger partial charge < -0.3 is 15.2 Å². The Hall–Kier alpha value is -1.36. The molecule has 0 aliphatic carbocycles.